The molecule has 0 radical (unpaired) electrons. The van der Waals surface area contributed by atoms with Gasteiger partial charge in [-0.1, -0.05) is 39.0 Å². The van der Waals surface area contributed by atoms with Gasteiger partial charge in [-0.25, -0.2) is 0 Å². The van der Waals surface area contributed by atoms with E-state index < -0.39 is 0 Å². The van der Waals surface area contributed by atoms with E-state index in [1.54, 1.807) is 0 Å². The topological polar surface area (TPSA) is 21.3 Å². The summed E-state index contributed by atoms with van der Waals surface area (Å²) in [6.45, 7) is 6.49. The summed E-state index contributed by atoms with van der Waals surface area (Å²) in [6.07, 6.45) is 10.7. The molecule has 2 nitrogen and oxygen atoms in total. The molecule has 0 spiro atoms. The molecule has 1 N–H and O–H groups in total. The lowest BCUT2D eigenvalue weighted by atomic mass is 10.0. The molecule has 1 unspecified atom stereocenters. The Bertz CT molecular complexity index is 155. The molecule has 16 heavy (non-hydrogen) atoms. The van der Waals surface area contributed by atoms with Gasteiger partial charge in [0.15, 0.2) is 0 Å². The average molecular weight is 227 g/mol. The van der Waals surface area contributed by atoms with Gasteiger partial charge in [-0.2, -0.15) is 0 Å². The van der Waals surface area contributed by atoms with Crippen molar-refractivity contribution >= 4 is 0 Å². The largest absolute Gasteiger partial charge is 0.381 e. The Morgan fingerprint density at radius 2 is 1.81 bits per heavy atom. The molecule has 96 valence electrons. The Morgan fingerprint density at radius 1 is 1.12 bits per heavy atom. The van der Waals surface area contributed by atoms with Crippen molar-refractivity contribution in [3.05, 3.63) is 0 Å². The van der Waals surface area contributed by atoms with E-state index in [9.17, 15) is 0 Å². The number of hydrogen-bond acceptors (Lipinski definition) is 2. The van der Waals surface area contributed by atoms with Crippen LogP contribution in [0.4, 0.5) is 0 Å². The monoisotopic (exact) mass is 227 g/mol. The lowest BCUT2D eigenvalue weighted by Crippen LogP contribution is -2.40. The summed E-state index contributed by atoms with van der Waals surface area (Å²) in [5.74, 6) is 0. The van der Waals surface area contributed by atoms with E-state index >= 15 is 0 Å². The van der Waals surface area contributed by atoms with Crippen molar-refractivity contribution in [2.75, 3.05) is 13.2 Å². The molecular weight excluding hydrogens is 198 g/mol. The van der Waals surface area contributed by atoms with E-state index in [1.165, 1.54) is 51.4 Å². The molecule has 1 rings (SSSR count). The molecule has 0 aromatic rings. The quantitative estimate of drug-likeness (QED) is 0.641. The molecule has 1 saturated heterocycles. The van der Waals surface area contributed by atoms with Crippen LogP contribution in [0.1, 0.15) is 65.2 Å². The minimum absolute atomic E-state index is 0.685. The van der Waals surface area contributed by atoms with E-state index in [4.69, 9.17) is 4.74 Å². The minimum Gasteiger partial charge on any atom is -0.381 e. The van der Waals surface area contributed by atoms with Crippen LogP contribution < -0.4 is 5.32 Å². The van der Waals surface area contributed by atoms with Crippen LogP contribution in [0.2, 0.25) is 0 Å². The lowest BCUT2D eigenvalue weighted by molar-refractivity contribution is 0.0751. The van der Waals surface area contributed by atoms with Crippen LogP contribution >= 0.6 is 0 Å². The highest BCUT2D eigenvalue weighted by atomic mass is 16.5. The maximum Gasteiger partial charge on any atom is 0.0480 e. The van der Waals surface area contributed by atoms with Crippen LogP contribution in [0, 0.1) is 0 Å². The average Bonchev–Trinajstić information content (AvgIpc) is 2.30. The Hall–Kier alpha value is -0.0800. The molecule has 1 heterocycles. The highest BCUT2D eigenvalue weighted by molar-refractivity contribution is 4.73. The number of ether oxygens (including phenoxy) is 1. The summed E-state index contributed by atoms with van der Waals surface area (Å²) in [5.41, 5.74) is 0. The van der Waals surface area contributed by atoms with Gasteiger partial charge in [-0.05, 0) is 26.2 Å². The van der Waals surface area contributed by atoms with Crippen molar-refractivity contribution in [3.8, 4) is 0 Å². The first-order valence-electron chi connectivity index (χ1n) is 7.16. The molecule has 0 saturated carbocycles. The van der Waals surface area contributed by atoms with Gasteiger partial charge in [-0.3, -0.25) is 0 Å². The highest BCUT2D eigenvalue weighted by Gasteiger charge is 2.15. The number of nitrogens with one attached hydrogen (secondary N) is 1. The predicted molar refractivity (Wildman–Crippen MR) is 69.8 cm³/mol. The number of rotatable bonds is 8. The molecule has 1 aliphatic heterocycles. The molecule has 2 heteroatoms. The summed E-state index contributed by atoms with van der Waals surface area (Å²) in [7, 11) is 0. The number of unbranched alkanes of at least 4 members (excludes halogenated alkanes) is 4. The van der Waals surface area contributed by atoms with Crippen molar-refractivity contribution in [2.45, 2.75) is 77.3 Å². The summed E-state index contributed by atoms with van der Waals surface area (Å²) in [4.78, 5) is 0. The standard InChI is InChI=1S/C14H29NO/c1-3-4-5-6-7-8-13(2)15-14-9-11-16-12-10-14/h13-15H,3-12H2,1-2H3. The van der Waals surface area contributed by atoms with Crippen molar-refractivity contribution < 1.29 is 4.74 Å². The van der Waals surface area contributed by atoms with E-state index in [0.29, 0.717) is 12.1 Å². The molecular formula is C14H29NO. The fourth-order valence-electron chi connectivity index (χ4n) is 2.40. The Balaban J connectivity index is 1.95. The molecule has 0 amide bonds. The van der Waals surface area contributed by atoms with Crippen molar-refractivity contribution in [3.63, 3.8) is 0 Å². The first kappa shape index (κ1) is 14.0. The van der Waals surface area contributed by atoms with E-state index in [1.807, 2.05) is 0 Å². The second-order valence-electron chi connectivity index (χ2n) is 5.16. The van der Waals surface area contributed by atoms with E-state index in [0.717, 1.165) is 13.2 Å². The molecule has 0 aromatic heterocycles. The summed E-state index contributed by atoms with van der Waals surface area (Å²) in [5, 5.41) is 3.73. The van der Waals surface area contributed by atoms with Gasteiger partial charge in [0.1, 0.15) is 0 Å². The second kappa shape index (κ2) is 9.00. The van der Waals surface area contributed by atoms with E-state index in [2.05, 4.69) is 19.2 Å². The summed E-state index contributed by atoms with van der Waals surface area (Å²) < 4.78 is 5.37. The van der Waals surface area contributed by atoms with Gasteiger partial charge in [0.05, 0.1) is 0 Å². The highest BCUT2D eigenvalue weighted by Crippen LogP contribution is 2.11. The molecule has 0 bridgehead atoms. The van der Waals surface area contributed by atoms with Crippen molar-refractivity contribution in [1.82, 2.24) is 5.32 Å². The SMILES string of the molecule is CCCCCCCC(C)NC1CCOCC1. The predicted octanol–water partition coefficient (Wildman–Crippen LogP) is 3.50. The lowest BCUT2D eigenvalue weighted by Gasteiger charge is -2.26. The maximum atomic E-state index is 5.37. The third kappa shape index (κ3) is 6.49. The van der Waals surface area contributed by atoms with Crippen molar-refractivity contribution in [1.29, 1.82) is 0 Å². The summed E-state index contributed by atoms with van der Waals surface area (Å²) >= 11 is 0. The van der Waals surface area contributed by atoms with E-state index in [-0.39, 0.29) is 0 Å². The molecule has 0 aliphatic carbocycles. The van der Waals surface area contributed by atoms with Gasteiger partial charge < -0.3 is 10.1 Å². The molecule has 1 atom stereocenters. The fraction of sp³-hybridized carbons (Fsp3) is 1.00. The van der Waals surface area contributed by atoms with Crippen LogP contribution in [-0.2, 0) is 4.74 Å². The van der Waals surface area contributed by atoms with Crippen molar-refractivity contribution in [2.24, 2.45) is 0 Å². The normalized spacial score (nSPS) is 19.9. The zero-order valence-electron chi connectivity index (χ0n) is 11.1. The smallest absolute Gasteiger partial charge is 0.0480 e. The number of hydrogen-bond donors (Lipinski definition) is 1. The summed E-state index contributed by atoms with van der Waals surface area (Å²) in [6, 6.07) is 1.39. The third-order valence-corrected chi connectivity index (χ3v) is 3.48. The van der Waals surface area contributed by atoms with Gasteiger partial charge in [-0.15, -0.1) is 0 Å². The molecule has 1 fully saturated rings. The van der Waals surface area contributed by atoms with Gasteiger partial charge in [0.25, 0.3) is 0 Å². The first-order valence-corrected chi connectivity index (χ1v) is 7.16. The van der Waals surface area contributed by atoms with Crippen LogP contribution in [0.5, 0.6) is 0 Å². The van der Waals surface area contributed by atoms with Crippen LogP contribution in [0.3, 0.4) is 0 Å². The Morgan fingerprint density at radius 3 is 2.50 bits per heavy atom. The van der Waals surface area contributed by atoms with Crippen LogP contribution in [-0.4, -0.2) is 25.3 Å². The zero-order valence-corrected chi connectivity index (χ0v) is 11.1. The maximum absolute atomic E-state index is 5.37. The minimum atomic E-state index is 0.685. The van der Waals surface area contributed by atoms with Crippen LogP contribution in [0.15, 0.2) is 0 Å². The Kier molecular flexibility index (Phi) is 7.87. The zero-order chi connectivity index (χ0) is 11.6. The molecule has 1 aliphatic rings. The Labute approximate surface area is 101 Å². The molecule has 0 aromatic carbocycles. The van der Waals surface area contributed by atoms with Gasteiger partial charge >= 0.3 is 0 Å². The van der Waals surface area contributed by atoms with Gasteiger partial charge in [0, 0.05) is 25.3 Å². The van der Waals surface area contributed by atoms with Gasteiger partial charge in [0.2, 0.25) is 0 Å². The first-order chi connectivity index (χ1) is 7.83. The third-order valence-electron chi connectivity index (χ3n) is 3.48. The second-order valence-corrected chi connectivity index (χ2v) is 5.16. The van der Waals surface area contributed by atoms with Crippen LogP contribution in [0.25, 0.3) is 0 Å². The fourth-order valence-corrected chi connectivity index (χ4v) is 2.40.